The van der Waals surface area contributed by atoms with E-state index in [-0.39, 0.29) is 23.4 Å². The van der Waals surface area contributed by atoms with Gasteiger partial charge in [-0.3, -0.25) is 14.6 Å². The van der Waals surface area contributed by atoms with Crippen LogP contribution in [-0.4, -0.2) is 33.8 Å². The van der Waals surface area contributed by atoms with Crippen molar-refractivity contribution in [1.29, 1.82) is 0 Å². The lowest BCUT2D eigenvalue weighted by molar-refractivity contribution is -0.140. The van der Waals surface area contributed by atoms with E-state index in [2.05, 4.69) is 4.98 Å². The Hall–Kier alpha value is -4.98. The fraction of sp³-hybridized carbons (Fsp3) is 0.100. The Kier molecular flexibility index (Phi) is 6.86. The average molecular weight is 511 g/mol. The van der Waals surface area contributed by atoms with Gasteiger partial charge < -0.3 is 19.5 Å². The van der Waals surface area contributed by atoms with Crippen molar-refractivity contribution in [1.82, 2.24) is 9.88 Å². The second-order valence-electron chi connectivity index (χ2n) is 8.58. The fourth-order valence-corrected chi connectivity index (χ4v) is 4.44. The highest BCUT2D eigenvalue weighted by Crippen LogP contribution is 2.42. The molecule has 0 aliphatic carbocycles. The summed E-state index contributed by atoms with van der Waals surface area (Å²) in [5, 5.41) is 11.4. The highest BCUT2D eigenvalue weighted by atomic mass is 19.1. The van der Waals surface area contributed by atoms with Crippen LogP contribution in [0.5, 0.6) is 17.2 Å². The van der Waals surface area contributed by atoms with Crippen LogP contribution in [0.15, 0.2) is 103 Å². The van der Waals surface area contributed by atoms with Crippen molar-refractivity contribution >= 4 is 17.4 Å². The van der Waals surface area contributed by atoms with Gasteiger partial charge in [-0.2, -0.15) is 0 Å². The van der Waals surface area contributed by atoms with Gasteiger partial charge in [-0.15, -0.1) is 0 Å². The van der Waals surface area contributed by atoms with Crippen molar-refractivity contribution in [2.75, 3.05) is 7.11 Å². The largest absolute Gasteiger partial charge is 0.507 e. The van der Waals surface area contributed by atoms with Gasteiger partial charge in [-0.1, -0.05) is 36.4 Å². The summed E-state index contributed by atoms with van der Waals surface area (Å²) in [7, 11) is 1.37. The number of rotatable bonds is 7. The van der Waals surface area contributed by atoms with E-state index < -0.39 is 29.3 Å². The lowest BCUT2D eigenvalue weighted by Crippen LogP contribution is -2.29. The van der Waals surface area contributed by atoms with Gasteiger partial charge in [0.15, 0.2) is 0 Å². The van der Waals surface area contributed by atoms with E-state index in [1.807, 2.05) is 18.2 Å². The number of hydrogen-bond acceptors (Lipinski definition) is 6. The Morgan fingerprint density at radius 3 is 2.45 bits per heavy atom. The molecular formula is C30H23FN2O5. The van der Waals surface area contributed by atoms with Crippen molar-refractivity contribution in [2.24, 2.45) is 0 Å². The molecule has 0 spiro atoms. The van der Waals surface area contributed by atoms with Gasteiger partial charge in [0.1, 0.15) is 28.8 Å². The van der Waals surface area contributed by atoms with Crippen molar-refractivity contribution in [3.63, 3.8) is 0 Å². The number of carbonyl (C=O) groups is 2. The maximum absolute atomic E-state index is 14.2. The first-order valence-corrected chi connectivity index (χ1v) is 11.8. The van der Waals surface area contributed by atoms with Gasteiger partial charge in [-0.25, -0.2) is 4.39 Å². The van der Waals surface area contributed by atoms with E-state index >= 15 is 0 Å². The van der Waals surface area contributed by atoms with E-state index in [0.29, 0.717) is 22.8 Å². The predicted octanol–water partition coefficient (Wildman–Crippen LogP) is 5.64. The number of methoxy groups -OCH3 is 1. The van der Waals surface area contributed by atoms with Crippen LogP contribution in [0.1, 0.15) is 22.9 Å². The third kappa shape index (κ3) is 4.84. The van der Waals surface area contributed by atoms with Gasteiger partial charge in [-0.05, 0) is 60.2 Å². The van der Waals surface area contributed by atoms with Crippen LogP contribution >= 0.6 is 0 Å². The van der Waals surface area contributed by atoms with E-state index in [1.54, 1.807) is 60.8 Å². The summed E-state index contributed by atoms with van der Waals surface area (Å²) in [5.74, 6) is -1.65. The number of likely N-dealkylation sites (tertiary alicyclic amines) is 1. The van der Waals surface area contributed by atoms with E-state index in [4.69, 9.17) is 9.47 Å². The Labute approximate surface area is 218 Å². The second kappa shape index (κ2) is 10.6. The van der Waals surface area contributed by atoms with Gasteiger partial charge >= 0.3 is 0 Å². The SMILES string of the molecule is COc1ccc(F)cc1/C(O)=C1\C(=O)C(=O)N(Cc2ccccn2)C1c1cccc(Oc2ccccc2)c1. The number of para-hydroxylation sites is 1. The fourth-order valence-electron chi connectivity index (χ4n) is 4.44. The van der Waals surface area contributed by atoms with Gasteiger partial charge in [0.25, 0.3) is 11.7 Å². The summed E-state index contributed by atoms with van der Waals surface area (Å²) in [5.41, 5.74) is 0.849. The van der Waals surface area contributed by atoms with Crippen molar-refractivity contribution < 1.29 is 28.6 Å². The molecule has 1 unspecified atom stereocenters. The normalized spacial score (nSPS) is 16.5. The molecule has 38 heavy (non-hydrogen) atoms. The summed E-state index contributed by atoms with van der Waals surface area (Å²) in [6, 6.07) is 23.9. The van der Waals surface area contributed by atoms with E-state index in [0.717, 1.165) is 6.07 Å². The summed E-state index contributed by atoms with van der Waals surface area (Å²) in [6.07, 6.45) is 1.59. The Balaban J connectivity index is 1.65. The molecule has 1 saturated heterocycles. The molecule has 190 valence electrons. The minimum absolute atomic E-state index is 0.0108. The van der Waals surface area contributed by atoms with Crippen LogP contribution in [0.2, 0.25) is 0 Å². The van der Waals surface area contributed by atoms with E-state index in [1.165, 1.54) is 24.1 Å². The molecule has 1 aromatic heterocycles. The van der Waals surface area contributed by atoms with Gasteiger partial charge in [0.05, 0.1) is 36.5 Å². The number of ketones is 1. The Bertz CT molecular complexity index is 1520. The van der Waals surface area contributed by atoms with E-state index in [9.17, 15) is 19.1 Å². The number of ether oxygens (including phenoxy) is 2. The van der Waals surface area contributed by atoms with Crippen LogP contribution in [0.25, 0.3) is 5.76 Å². The number of benzene rings is 3. The number of aliphatic hydroxyl groups excluding tert-OH is 1. The number of pyridine rings is 1. The molecule has 1 fully saturated rings. The minimum Gasteiger partial charge on any atom is -0.507 e. The quantitative estimate of drug-likeness (QED) is 0.197. The van der Waals surface area contributed by atoms with Crippen molar-refractivity contribution in [2.45, 2.75) is 12.6 Å². The summed E-state index contributed by atoms with van der Waals surface area (Å²) < 4.78 is 25.4. The van der Waals surface area contributed by atoms with Gasteiger partial charge in [0, 0.05) is 6.20 Å². The molecule has 1 aliphatic rings. The smallest absolute Gasteiger partial charge is 0.296 e. The maximum atomic E-state index is 14.2. The lowest BCUT2D eigenvalue weighted by Gasteiger charge is -2.25. The first-order chi connectivity index (χ1) is 18.5. The number of hydrogen-bond donors (Lipinski definition) is 1. The highest BCUT2D eigenvalue weighted by Gasteiger charge is 2.46. The number of carbonyl (C=O) groups excluding carboxylic acids is 2. The molecule has 4 aromatic rings. The molecule has 0 bridgehead atoms. The maximum Gasteiger partial charge on any atom is 0.296 e. The molecular weight excluding hydrogens is 487 g/mol. The van der Waals surface area contributed by atoms with Crippen LogP contribution in [0.3, 0.4) is 0 Å². The summed E-state index contributed by atoms with van der Waals surface area (Å²) in [4.78, 5) is 32.3. The number of nitrogens with zero attached hydrogens (tertiary/aromatic N) is 2. The first kappa shape index (κ1) is 24.7. The summed E-state index contributed by atoms with van der Waals surface area (Å²) in [6.45, 7) is 0.0108. The van der Waals surface area contributed by atoms with Crippen LogP contribution in [-0.2, 0) is 16.1 Å². The van der Waals surface area contributed by atoms with Crippen LogP contribution in [0, 0.1) is 5.82 Å². The second-order valence-corrected chi connectivity index (χ2v) is 8.58. The molecule has 1 atom stereocenters. The predicted molar refractivity (Wildman–Crippen MR) is 138 cm³/mol. The van der Waals surface area contributed by atoms with Crippen molar-refractivity contribution in [3.05, 3.63) is 125 Å². The lowest BCUT2D eigenvalue weighted by atomic mass is 9.94. The molecule has 7 nitrogen and oxygen atoms in total. The van der Waals surface area contributed by atoms with Crippen LogP contribution in [0.4, 0.5) is 4.39 Å². The standard InChI is InChI=1S/C30H23FN2O5/c1-37-25-14-13-20(31)17-24(25)28(34)26-27(33(30(36)29(26)35)18-21-9-5-6-15-32-21)19-8-7-12-23(16-19)38-22-10-3-2-4-11-22/h2-17,27,34H,18H2,1H3/b28-26+. The number of aliphatic hydroxyl groups is 1. The molecule has 0 saturated carbocycles. The first-order valence-electron chi connectivity index (χ1n) is 11.8. The van der Waals surface area contributed by atoms with Crippen LogP contribution < -0.4 is 9.47 Å². The number of halogens is 1. The zero-order valence-electron chi connectivity index (χ0n) is 20.4. The molecule has 5 rings (SSSR count). The minimum atomic E-state index is -0.996. The third-order valence-corrected chi connectivity index (χ3v) is 6.17. The molecule has 1 N–H and O–H groups in total. The Morgan fingerprint density at radius 2 is 1.71 bits per heavy atom. The zero-order chi connectivity index (χ0) is 26.6. The van der Waals surface area contributed by atoms with Gasteiger partial charge in [0.2, 0.25) is 0 Å². The molecule has 8 heteroatoms. The number of Topliss-reactive ketones (excluding diaryl/α,β-unsaturated/α-hetero) is 1. The topological polar surface area (TPSA) is 89.0 Å². The Morgan fingerprint density at radius 1 is 0.947 bits per heavy atom. The molecule has 1 amide bonds. The monoisotopic (exact) mass is 510 g/mol. The molecule has 1 aliphatic heterocycles. The molecule has 0 radical (unpaired) electrons. The zero-order valence-corrected chi connectivity index (χ0v) is 20.4. The number of aromatic nitrogens is 1. The number of amides is 1. The molecule has 3 aromatic carbocycles. The average Bonchev–Trinajstić information content (AvgIpc) is 3.19. The third-order valence-electron chi connectivity index (χ3n) is 6.17. The highest BCUT2D eigenvalue weighted by molar-refractivity contribution is 6.46. The molecule has 2 heterocycles. The summed E-state index contributed by atoms with van der Waals surface area (Å²) >= 11 is 0. The van der Waals surface area contributed by atoms with Crippen molar-refractivity contribution in [3.8, 4) is 17.2 Å².